The molecule has 1 saturated heterocycles. The number of amides is 3. The number of likely N-dealkylation sites (tertiary alicyclic amines) is 1. The summed E-state index contributed by atoms with van der Waals surface area (Å²) in [7, 11) is 1.97. The smallest absolute Gasteiger partial charge is 0.251 e. The van der Waals surface area contributed by atoms with Crippen molar-refractivity contribution in [1.29, 1.82) is 0 Å². The molecule has 2 unspecified atom stereocenters. The van der Waals surface area contributed by atoms with E-state index in [1.165, 1.54) is 19.3 Å². The standard InChI is InChI=1S/C38H54N4O4/c1-23(43)31-27-21-38(17-11-18-38)37(5,6)28(27)22-42(31)35(46)32(36(2,3)4)40-34(45)30(24-12-9-8-10-13-24)39-33(44)26-14-15-29-25(20-26)16-19-41(29)7/h14-16,19-20,24,27-28,30-32H,8-13,17-18,21-22H2,1-7H3,(H,39,44)(H,40,45)/t27?,28?,30-,31+,32+/m0/s1. The molecule has 250 valence electrons. The Balaban J connectivity index is 1.24. The second-order valence-electron chi connectivity index (χ2n) is 16.7. The van der Waals surface area contributed by atoms with Gasteiger partial charge in [0, 0.05) is 36.3 Å². The van der Waals surface area contributed by atoms with E-state index in [-0.39, 0.29) is 52.1 Å². The number of hydrogen-bond acceptors (Lipinski definition) is 4. The molecule has 1 aromatic heterocycles. The minimum Gasteiger partial charge on any atom is -0.351 e. The maximum atomic E-state index is 14.6. The van der Waals surface area contributed by atoms with Crippen molar-refractivity contribution < 1.29 is 19.2 Å². The second kappa shape index (κ2) is 11.8. The van der Waals surface area contributed by atoms with Crippen molar-refractivity contribution in [3.8, 4) is 0 Å². The molecule has 8 heteroatoms. The monoisotopic (exact) mass is 630 g/mol. The van der Waals surface area contributed by atoms with Gasteiger partial charge < -0.3 is 20.1 Å². The molecule has 1 aliphatic heterocycles. The van der Waals surface area contributed by atoms with Crippen LogP contribution >= 0.6 is 0 Å². The predicted octanol–water partition coefficient (Wildman–Crippen LogP) is 6.02. The van der Waals surface area contributed by atoms with E-state index < -0.39 is 23.5 Å². The lowest BCUT2D eigenvalue weighted by Gasteiger charge is -2.51. The highest BCUT2D eigenvalue weighted by Gasteiger charge is 2.66. The van der Waals surface area contributed by atoms with Crippen molar-refractivity contribution in [1.82, 2.24) is 20.1 Å². The van der Waals surface area contributed by atoms with Gasteiger partial charge in [-0.3, -0.25) is 19.2 Å². The van der Waals surface area contributed by atoms with Crippen molar-refractivity contribution >= 4 is 34.4 Å². The van der Waals surface area contributed by atoms with E-state index in [2.05, 4.69) is 24.5 Å². The van der Waals surface area contributed by atoms with Gasteiger partial charge in [-0.2, -0.15) is 0 Å². The molecule has 2 N–H and O–H groups in total. The minimum atomic E-state index is -0.829. The Labute approximate surface area is 274 Å². The first-order valence-corrected chi connectivity index (χ1v) is 17.6. The van der Waals surface area contributed by atoms with Crippen LogP contribution in [0.25, 0.3) is 10.9 Å². The lowest BCUT2D eigenvalue weighted by Crippen LogP contribution is -2.61. The summed E-state index contributed by atoms with van der Waals surface area (Å²) < 4.78 is 2.01. The van der Waals surface area contributed by atoms with E-state index in [0.29, 0.717) is 12.1 Å². The van der Waals surface area contributed by atoms with Crippen LogP contribution < -0.4 is 10.6 Å². The molecule has 3 amide bonds. The number of Topliss-reactive ketones (excluding diaryl/α,β-unsaturated/α-hetero) is 1. The number of nitrogens with one attached hydrogen (secondary N) is 2. The van der Waals surface area contributed by atoms with Gasteiger partial charge >= 0.3 is 0 Å². The average Bonchev–Trinajstić information content (AvgIpc) is 3.62. The quantitative estimate of drug-likeness (QED) is 0.391. The number of hydrogen-bond donors (Lipinski definition) is 2. The Morgan fingerprint density at radius 2 is 1.65 bits per heavy atom. The lowest BCUT2D eigenvalue weighted by atomic mass is 9.54. The Kier molecular flexibility index (Phi) is 8.42. The summed E-state index contributed by atoms with van der Waals surface area (Å²) in [5.41, 5.74) is 1.27. The minimum absolute atomic E-state index is 0.00976. The van der Waals surface area contributed by atoms with Crippen LogP contribution in [0.4, 0.5) is 0 Å². The van der Waals surface area contributed by atoms with Crippen LogP contribution in [0.3, 0.4) is 0 Å². The number of aryl methyl sites for hydroxylation is 1. The molecular weight excluding hydrogens is 576 g/mol. The molecule has 2 aromatic rings. The second-order valence-corrected chi connectivity index (χ2v) is 16.7. The molecule has 0 bridgehead atoms. The van der Waals surface area contributed by atoms with Gasteiger partial charge in [0.05, 0.1) is 6.04 Å². The fourth-order valence-electron chi connectivity index (χ4n) is 9.80. The van der Waals surface area contributed by atoms with Crippen LogP contribution in [0, 0.1) is 34.0 Å². The lowest BCUT2D eigenvalue weighted by molar-refractivity contribution is -0.145. The molecule has 1 aromatic carbocycles. The van der Waals surface area contributed by atoms with E-state index in [4.69, 9.17) is 0 Å². The van der Waals surface area contributed by atoms with Gasteiger partial charge in [-0.1, -0.05) is 60.3 Å². The third-order valence-corrected chi connectivity index (χ3v) is 12.8. The summed E-state index contributed by atoms with van der Waals surface area (Å²) in [6, 6.07) is 5.53. The SMILES string of the molecule is CC(=O)[C@@H]1C2CC3(CCC3)C(C)(C)C2CN1C(=O)[C@@H](NC(=O)[C@@H](NC(=O)c1ccc2c(ccn2C)c1)C1CCCCC1)C(C)(C)C. The van der Waals surface area contributed by atoms with Crippen LogP contribution in [-0.4, -0.2) is 57.6 Å². The zero-order valence-electron chi connectivity index (χ0n) is 28.9. The van der Waals surface area contributed by atoms with Crippen LogP contribution in [0.15, 0.2) is 30.5 Å². The first-order chi connectivity index (χ1) is 21.6. The fourth-order valence-corrected chi connectivity index (χ4v) is 9.80. The van der Waals surface area contributed by atoms with E-state index >= 15 is 0 Å². The first-order valence-electron chi connectivity index (χ1n) is 17.6. The Hall–Kier alpha value is -3.16. The summed E-state index contributed by atoms with van der Waals surface area (Å²) in [6.07, 6.45) is 11.5. The zero-order chi connectivity index (χ0) is 33.2. The van der Waals surface area contributed by atoms with Gasteiger partial charge in [-0.05, 0) is 97.3 Å². The van der Waals surface area contributed by atoms with Crippen LogP contribution in [0.1, 0.15) is 110 Å². The number of aromatic nitrogens is 1. The van der Waals surface area contributed by atoms with Crippen LogP contribution in [-0.2, 0) is 21.4 Å². The van der Waals surface area contributed by atoms with Crippen molar-refractivity contribution in [2.75, 3.05) is 6.54 Å². The molecule has 4 fully saturated rings. The van der Waals surface area contributed by atoms with Crippen LogP contribution in [0.5, 0.6) is 0 Å². The molecule has 5 atom stereocenters. The molecule has 2 heterocycles. The summed E-state index contributed by atoms with van der Waals surface area (Å²) in [4.78, 5) is 57.5. The van der Waals surface area contributed by atoms with E-state index in [9.17, 15) is 19.2 Å². The van der Waals surface area contributed by atoms with Crippen molar-refractivity contribution in [3.05, 3.63) is 36.0 Å². The summed E-state index contributed by atoms with van der Waals surface area (Å²) >= 11 is 0. The highest BCUT2D eigenvalue weighted by molar-refractivity contribution is 6.01. The summed E-state index contributed by atoms with van der Waals surface area (Å²) in [5, 5.41) is 7.21. The molecule has 3 aliphatic carbocycles. The number of ketones is 1. The molecule has 6 rings (SSSR count). The number of fused-ring (bicyclic) bond motifs is 2. The summed E-state index contributed by atoms with van der Waals surface area (Å²) in [5.74, 6) is -0.341. The number of nitrogens with zero attached hydrogens (tertiary/aromatic N) is 2. The average molecular weight is 631 g/mol. The van der Waals surface area contributed by atoms with Crippen molar-refractivity contribution in [2.45, 2.75) is 117 Å². The normalized spacial score (nSPS) is 26.8. The van der Waals surface area contributed by atoms with Gasteiger partial charge in [-0.15, -0.1) is 0 Å². The van der Waals surface area contributed by atoms with E-state index in [1.54, 1.807) is 13.0 Å². The third-order valence-electron chi connectivity index (χ3n) is 12.8. The van der Waals surface area contributed by atoms with Gasteiger partial charge in [0.1, 0.15) is 12.1 Å². The number of carbonyl (C=O) groups excluding carboxylic acids is 4. The van der Waals surface area contributed by atoms with Gasteiger partial charge in [0.15, 0.2) is 5.78 Å². The number of rotatable bonds is 7. The van der Waals surface area contributed by atoms with E-state index in [1.807, 2.05) is 61.7 Å². The van der Waals surface area contributed by atoms with Crippen molar-refractivity contribution in [2.24, 2.45) is 41.0 Å². The highest BCUT2D eigenvalue weighted by atomic mass is 16.2. The van der Waals surface area contributed by atoms with E-state index in [0.717, 1.165) is 49.4 Å². The Bertz CT molecular complexity index is 1520. The predicted molar refractivity (Wildman–Crippen MR) is 180 cm³/mol. The maximum absolute atomic E-state index is 14.6. The molecule has 3 saturated carbocycles. The van der Waals surface area contributed by atoms with Gasteiger partial charge in [-0.25, -0.2) is 0 Å². The largest absolute Gasteiger partial charge is 0.351 e. The first kappa shape index (κ1) is 32.8. The molecule has 46 heavy (non-hydrogen) atoms. The third kappa shape index (κ3) is 5.47. The number of carbonyl (C=O) groups is 4. The summed E-state index contributed by atoms with van der Waals surface area (Å²) in [6.45, 7) is 12.8. The molecular formula is C38H54N4O4. The Morgan fingerprint density at radius 3 is 2.26 bits per heavy atom. The topological polar surface area (TPSA) is 101 Å². The maximum Gasteiger partial charge on any atom is 0.251 e. The van der Waals surface area contributed by atoms with Gasteiger partial charge in [0.2, 0.25) is 11.8 Å². The Morgan fingerprint density at radius 1 is 0.957 bits per heavy atom. The molecule has 8 nitrogen and oxygen atoms in total. The molecule has 1 spiro atoms. The zero-order valence-corrected chi connectivity index (χ0v) is 28.9. The van der Waals surface area contributed by atoms with Gasteiger partial charge in [0.25, 0.3) is 5.91 Å². The molecule has 4 aliphatic rings. The van der Waals surface area contributed by atoms with Crippen molar-refractivity contribution in [3.63, 3.8) is 0 Å². The fraction of sp³-hybridized carbons (Fsp3) is 0.684. The number of benzene rings is 1. The van der Waals surface area contributed by atoms with Crippen LogP contribution in [0.2, 0.25) is 0 Å². The molecule has 0 radical (unpaired) electrons. The highest BCUT2D eigenvalue weighted by Crippen LogP contribution is 2.69.